The van der Waals surface area contributed by atoms with Gasteiger partial charge in [-0.3, -0.25) is 9.59 Å². The summed E-state index contributed by atoms with van der Waals surface area (Å²) in [7, 11) is 0. The molecule has 0 spiro atoms. The highest BCUT2D eigenvalue weighted by Gasteiger charge is 2.22. The maximum Gasteiger partial charge on any atom is 0.249 e. The van der Waals surface area contributed by atoms with Crippen molar-refractivity contribution in [2.75, 3.05) is 19.7 Å². The zero-order valence-electron chi connectivity index (χ0n) is 19.0. The molecule has 0 atom stereocenters. The Kier molecular flexibility index (Phi) is 9.03. The number of hydrogen-bond acceptors (Lipinski definition) is 4. The molecule has 3 rings (SSSR count). The van der Waals surface area contributed by atoms with Crippen molar-refractivity contribution in [1.82, 2.24) is 9.80 Å². The highest BCUT2D eigenvalue weighted by molar-refractivity contribution is 5.85. The molecule has 0 bridgehead atoms. The molecular formula is C27H30N2O4. The molecule has 0 fully saturated rings. The first-order valence-electron chi connectivity index (χ1n) is 10.9. The number of benzene rings is 2. The number of carbonyl (C=O) groups is 2. The van der Waals surface area contributed by atoms with Crippen LogP contribution in [0.15, 0.2) is 89.9 Å². The zero-order chi connectivity index (χ0) is 23.5. The molecule has 0 N–H and O–H groups in total. The lowest BCUT2D eigenvalue weighted by Gasteiger charge is -2.27. The molecule has 0 unspecified atom stereocenters. The highest BCUT2D eigenvalue weighted by atomic mass is 16.5. The third-order valence-electron chi connectivity index (χ3n) is 5.08. The molecule has 172 valence electrons. The molecule has 33 heavy (non-hydrogen) atoms. The summed E-state index contributed by atoms with van der Waals surface area (Å²) in [5, 5.41) is 0. The van der Waals surface area contributed by atoms with Crippen molar-refractivity contribution in [3.63, 3.8) is 0 Å². The molecule has 2 amide bonds. The quantitative estimate of drug-likeness (QED) is 0.388. The summed E-state index contributed by atoms with van der Waals surface area (Å²) in [6, 6.07) is 23.1. The number of aryl methyl sites for hydroxylation is 1. The van der Waals surface area contributed by atoms with E-state index in [1.54, 1.807) is 11.0 Å². The standard InChI is InChI=1S/C27H30N2O4/c1-3-16-28(27(31)21-32-20-24-12-8-5-9-13-24)19-26(30)29(17-23-10-6-4-7-11-23)18-25-15-14-22(2)33-25/h3-15H,1,16-21H2,2H3. The minimum atomic E-state index is -0.257. The van der Waals surface area contributed by atoms with E-state index < -0.39 is 0 Å². The van der Waals surface area contributed by atoms with E-state index >= 15 is 0 Å². The average molecular weight is 447 g/mol. The lowest BCUT2D eigenvalue weighted by atomic mass is 10.2. The van der Waals surface area contributed by atoms with Crippen LogP contribution >= 0.6 is 0 Å². The second-order valence-corrected chi connectivity index (χ2v) is 7.79. The Hall–Kier alpha value is -3.64. The maximum atomic E-state index is 13.3. The second kappa shape index (κ2) is 12.4. The van der Waals surface area contributed by atoms with Crippen molar-refractivity contribution in [2.24, 2.45) is 0 Å². The molecule has 0 saturated carbocycles. The Labute approximate surface area is 195 Å². The molecule has 3 aromatic rings. The van der Waals surface area contributed by atoms with Gasteiger partial charge in [-0.25, -0.2) is 0 Å². The van der Waals surface area contributed by atoms with E-state index in [9.17, 15) is 9.59 Å². The van der Waals surface area contributed by atoms with Gasteiger partial charge in [-0.15, -0.1) is 6.58 Å². The smallest absolute Gasteiger partial charge is 0.249 e. The number of ether oxygens (including phenoxy) is 1. The van der Waals surface area contributed by atoms with Gasteiger partial charge in [0.1, 0.15) is 24.7 Å². The van der Waals surface area contributed by atoms with Crippen LogP contribution in [-0.2, 0) is 34.0 Å². The number of furan rings is 1. The molecule has 6 heteroatoms. The third-order valence-corrected chi connectivity index (χ3v) is 5.08. The minimum absolute atomic E-state index is 0.0634. The van der Waals surface area contributed by atoms with Crippen molar-refractivity contribution >= 4 is 11.8 Å². The Morgan fingerprint density at radius 2 is 1.55 bits per heavy atom. The first-order chi connectivity index (χ1) is 16.0. The number of nitrogens with zero attached hydrogens (tertiary/aromatic N) is 2. The Balaban J connectivity index is 1.64. The monoisotopic (exact) mass is 446 g/mol. The minimum Gasteiger partial charge on any atom is -0.464 e. The predicted molar refractivity (Wildman–Crippen MR) is 127 cm³/mol. The molecule has 0 radical (unpaired) electrons. The van der Waals surface area contributed by atoms with Gasteiger partial charge in [0.2, 0.25) is 11.8 Å². The van der Waals surface area contributed by atoms with Gasteiger partial charge in [0.15, 0.2) is 0 Å². The van der Waals surface area contributed by atoms with Crippen molar-refractivity contribution < 1.29 is 18.7 Å². The van der Waals surface area contributed by atoms with Crippen LogP contribution in [-0.4, -0.2) is 41.3 Å². The van der Waals surface area contributed by atoms with E-state index in [4.69, 9.17) is 9.15 Å². The van der Waals surface area contributed by atoms with Crippen LogP contribution in [0.25, 0.3) is 0 Å². The Bertz CT molecular complexity index is 1030. The van der Waals surface area contributed by atoms with Gasteiger partial charge < -0.3 is 19.0 Å². The Morgan fingerprint density at radius 3 is 2.15 bits per heavy atom. The summed E-state index contributed by atoms with van der Waals surface area (Å²) in [5.74, 6) is 1.06. The van der Waals surface area contributed by atoms with E-state index in [1.165, 1.54) is 4.90 Å². The van der Waals surface area contributed by atoms with E-state index in [0.717, 1.165) is 16.9 Å². The summed E-state index contributed by atoms with van der Waals surface area (Å²) in [6.07, 6.45) is 1.61. The molecule has 0 aliphatic heterocycles. The van der Waals surface area contributed by atoms with Crippen LogP contribution in [0.3, 0.4) is 0 Å². The SMILES string of the molecule is C=CCN(CC(=O)N(Cc1ccccc1)Cc1ccc(C)o1)C(=O)COCc1ccccc1. The predicted octanol–water partition coefficient (Wildman–Crippen LogP) is 4.35. The summed E-state index contributed by atoms with van der Waals surface area (Å²) in [6.45, 7) is 6.76. The van der Waals surface area contributed by atoms with Gasteiger partial charge >= 0.3 is 0 Å². The van der Waals surface area contributed by atoms with Gasteiger partial charge in [-0.2, -0.15) is 0 Å². The molecule has 6 nitrogen and oxygen atoms in total. The van der Waals surface area contributed by atoms with E-state index in [-0.39, 0.29) is 31.5 Å². The topological polar surface area (TPSA) is 63.0 Å². The largest absolute Gasteiger partial charge is 0.464 e. The fourth-order valence-electron chi connectivity index (χ4n) is 3.39. The molecule has 1 heterocycles. The van der Waals surface area contributed by atoms with Crippen molar-refractivity contribution in [3.05, 3.63) is 108 Å². The van der Waals surface area contributed by atoms with Gasteiger partial charge in [-0.1, -0.05) is 66.7 Å². The molecule has 1 aromatic heterocycles. The first kappa shape index (κ1) is 24.0. The van der Waals surface area contributed by atoms with Crippen molar-refractivity contribution in [2.45, 2.75) is 26.6 Å². The molecular weight excluding hydrogens is 416 g/mol. The molecule has 2 aromatic carbocycles. The fourth-order valence-corrected chi connectivity index (χ4v) is 3.39. The number of amides is 2. The van der Waals surface area contributed by atoms with Gasteiger partial charge in [0.25, 0.3) is 0 Å². The van der Waals surface area contributed by atoms with E-state index in [2.05, 4.69) is 6.58 Å². The Morgan fingerprint density at radius 1 is 0.879 bits per heavy atom. The summed E-state index contributed by atoms with van der Waals surface area (Å²) in [4.78, 5) is 29.2. The van der Waals surface area contributed by atoms with E-state index in [0.29, 0.717) is 25.5 Å². The number of rotatable bonds is 12. The van der Waals surface area contributed by atoms with Crippen LogP contribution < -0.4 is 0 Å². The van der Waals surface area contributed by atoms with Crippen LogP contribution in [0.2, 0.25) is 0 Å². The summed E-state index contributed by atoms with van der Waals surface area (Å²) in [5.41, 5.74) is 1.99. The molecule has 0 aliphatic rings. The molecule has 0 saturated heterocycles. The highest BCUT2D eigenvalue weighted by Crippen LogP contribution is 2.14. The number of carbonyl (C=O) groups excluding carboxylic acids is 2. The first-order valence-corrected chi connectivity index (χ1v) is 10.9. The number of hydrogen-bond donors (Lipinski definition) is 0. The van der Waals surface area contributed by atoms with Crippen LogP contribution in [0.4, 0.5) is 0 Å². The second-order valence-electron chi connectivity index (χ2n) is 7.79. The lowest BCUT2D eigenvalue weighted by molar-refractivity contribution is -0.143. The normalized spacial score (nSPS) is 10.6. The zero-order valence-corrected chi connectivity index (χ0v) is 19.0. The third kappa shape index (κ3) is 7.77. The fraction of sp³-hybridized carbons (Fsp3) is 0.259. The van der Waals surface area contributed by atoms with Crippen molar-refractivity contribution in [1.29, 1.82) is 0 Å². The van der Waals surface area contributed by atoms with Crippen LogP contribution in [0.5, 0.6) is 0 Å². The summed E-state index contributed by atoms with van der Waals surface area (Å²) < 4.78 is 11.3. The lowest BCUT2D eigenvalue weighted by Crippen LogP contribution is -2.43. The maximum absolute atomic E-state index is 13.3. The summed E-state index contributed by atoms with van der Waals surface area (Å²) >= 11 is 0. The van der Waals surface area contributed by atoms with Gasteiger partial charge in [0.05, 0.1) is 13.2 Å². The van der Waals surface area contributed by atoms with Crippen LogP contribution in [0, 0.1) is 6.92 Å². The molecule has 0 aliphatic carbocycles. The van der Waals surface area contributed by atoms with Crippen LogP contribution in [0.1, 0.15) is 22.6 Å². The van der Waals surface area contributed by atoms with Crippen molar-refractivity contribution in [3.8, 4) is 0 Å². The van der Waals surface area contributed by atoms with Gasteiger partial charge in [-0.05, 0) is 30.2 Å². The van der Waals surface area contributed by atoms with E-state index in [1.807, 2.05) is 79.7 Å². The van der Waals surface area contributed by atoms with Gasteiger partial charge in [0, 0.05) is 13.1 Å². The average Bonchev–Trinajstić information content (AvgIpc) is 3.24.